The first-order valence-corrected chi connectivity index (χ1v) is 7.34. The van der Waals surface area contributed by atoms with Gasteiger partial charge in [-0.1, -0.05) is 41.9 Å². The van der Waals surface area contributed by atoms with Crippen LogP contribution in [0.25, 0.3) is 0 Å². The summed E-state index contributed by atoms with van der Waals surface area (Å²) in [7, 11) is 0. The van der Waals surface area contributed by atoms with Gasteiger partial charge in [-0.3, -0.25) is 4.90 Å². The zero-order chi connectivity index (χ0) is 14.1. The van der Waals surface area contributed by atoms with Crippen molar-refractivity contribution in [1.29, 1.82) is 0 Å². The smallest absolute Gasteiger partial charge is 0.0480 e. The Balaban J connectivity index is 1.85. The summed E-state index contributed by atoms with van der Waals surface area (Å²) < 4.78 is 0. The molecule has 3 heteroatoms. The molecule has 20 heavy (non-hydrogen) atoms. The summed E-state index contributed by atoms with van der Waals surface area (Å²) in [5.74, 6) is 0. The highest BCUT2D eigenvalue weighted by Gasteiger charge is 2.29. The van der Waals surface area contributed by atoms with Gasteiger partial charge in [-0.15, -0.1) is 0 Å². The van der Waals surface area contributed by atoms with E-state index in [1.165, 1.54) is 22.3 Å². The van der Waals surface area contributed by atoms with Gasteiger partial charge in [0.1, 0.15) is 0 Å². The van der Waals surface area contributed by atoms with Crippen LogP contribution >= 0.6 is 11.6 Å². The van der Waals surface area contributed by atoms with E-state index in [9.17, 15) is 0 Å². The Labute approximate surface area is 125 Å². The van der Waals surface area contributed by atoms with E-state index < -0.39 is 0 Å². The monoisotopic (exact) mass is 286 g/mol. The summed E-state index contributed by atoms with van der Waals surface area (Å²) in [5, 5.41) is 0.782. The van der Waals surface area contributed by atoms with Crippen molar-refractivity contribution in [2.24, 2.45) is 5.73 Å². The van der Waals surface area contributed by atoms with E-state index in [2.05, 4.69) is 42.2 Å². The number of nitrogens with zero attached hydrogens (tertiary/aromatic N) is 1. The van der Waals surface area contributed by atoms with Gasteiger partial charge in [0.05, 0.1) is 0 Å². The standard InChI is InChI=1S/C17H19ClN2/c1-12-3-2-4-15-16(12)11-20(17(15)9-19)10-13-5-7-14(18)8-6-13/h2-8,17H,9-11,19H2,1H3. The number of hydrogen-bond donors (Lipinski definition) is 1. The van der Waals surface area contributed by atoms with E-state index in [0.717, 1.165) is 18.1 Å². The fourth-order valence-corrected chi connectivity index (χ4v) is 3.16. The molecule has 2 nitrogen and oxygen atoms in total. The minimum absolute atomic E-state index is 0.320. The average Bonchev–Trinajstić information content (AvgIpc) is 2.80. The lowest BCUT2D eigenvalue weighted by Gasteiger charge is -2.23. The van der Waals surface area contributed by atoms with Gasteiger partial charge in [0.15, 0.2) is 0 Å². The Hall–Kier alpha value is -1.35. The van der Waals surface area contributed by atoms with Crippen LogP contribution in [0.5, 0.6) is 0 Å². The quantitative estimate of drug-likeness (QED) is 0.933. The molecule has 1 atom stereocenters. The third kappa shape index (κ3) is 2.47. The molecule has 0 aliphatic carbocycles. The largest absolute Gasteiger partial charge is 0.329 e. The Kier molecular flexibility index (Phi) is 3.79. The molecule has 0 saturated heterocycles. The maximum absolute atomic E-state index is 6.00. The molecule has 104 valence electrons. The van der Waals surface area contributed by atoms with E-state index in [1.54, 1.807) is 0 Å². The lowest BCUT2D eigenvalue weighted by molar-refractivity contribution is 0.211. The van der Waals surface area contributed by atoms with Gasteiger partial charge in [-0.05, 0) is 41.3 Å². The van der Waals surface area contributed by atoms with Crippen molar-refractivity contribution < 1.29 is 0 Å². The summed E-state index contributed by atoms with van der Waals surface area (Å²) in [6.07, 6.45) is 0. The number of fused-ring (bicyclic) bond motifs is 1. The van der Waals surface area contributed by atoms with E-state index >= 15 is 0 Å². The maximum atomic E-state index is 6.00. The third-order valence-electron chi connectivity index (χ3n) is 4.13. The van der Waals surface area contributed by atoms with Crippen molar-refractivity contribution in [2.75, 3.05) is 6.54 Å². The molecule has 0 saturated carbocycles. The van der Waals surface area contributed by atoms with Crippen LogP contribution in [0.3, 0.4) is 0 Å². The Morgan fingerprint density at radius 1 is 1.20 bits per heavy atom. The highest BCUT2D eigenvalue weighted by Crippen LogP contribution is 2.35. The Morgan fingerprint density at radius 3 is 2.65 bits per heavy atom. The van der Waals surface area contributed by atoms with Crippen molar-refractivity contribution in [3.05, 3.63) is 69.7 Å². The predicted molar refractivity (Wildman–Crippen MR) is 83.7 cm³/mol. The van der Waals surface area contributed by atoms with E-state index in [1.807, 2.05) is 12.1 Å². The Morgan fingerprint density at radius 2 is 1.95 bits per heavy atom. The number of benzene rings is 2. The van der Waals surface area contributed by atoms with Crippen LogP contribution in [0.2, 0.25) is 5.02 Å². The fraction of sp³-hybridized carbons (Fsp3) is 0.294. The topological polar surface area (TPSA) is 29.3 Å². The minimum atomic E-state index is 0.320. The summed E-state index contributed by atoms with van der Waals surface area (Å²) in [6.45, 7) is 4.72. The van der Waals surface area contributed by atoms with E-state index in [-0.39, 0.29) is 0 Å². The predicted octanol–water partition coefficient (Wildman–Crippen LogP) is 3.66. The SMILES string of the molecule is Cc1cccc2c1CN(Cc1ccc(Cl)cc1)C2CN. The van der Waals surface area contributed by atoms with Crippen LogP contribution in [0.1, 0.15) is 28.3 Å². The van der Waals surface area contributed by atoms with Gasteiger partial charge < -0.3 is 5.73 Å². The first-order chi connectivity index (χ1) is 9.69. The lowest BCUT2D eigenvalue weighted by Crippen LogP contribution is -2.27. The second-order valence-corrected chi connectivity index (χ2v) is 5.86. The molecule has 0 aromatic heterocycles. The minimum Gasteiger partial charge on any atom is -0.329 e. The average molecular weight is 287 g/mol. The lowest BCUT2D eigenvalue weighted by atomic mass is 10.0. The zero-order valence-corrected chi connectivity index (χ0v) is 12.4. The molecule has 1 aliphatic rings. The molecule has 2 aromatic rings. The van der Waals surface area contributed by atoms with Crippen LogP contribution in [0.15, 0.2) is 42.5 Å². The summed E-state index contributed by atoms with van der Waals surface area (Å²) >= 11 is 5.94. The molecule has 0 fully saturated rings. The van der Waals surface area contributed by atoms with Crippen molar-refractivity contribution in [1.82, 2.24) is 4.90 Å². The van der Waals surface area contributed by atoms with Gasteiger partial charge >= 0.3 is 0 Å². The highest BCUT2D eigenvalue weighted by molar-refractivity contribution is 6.30. The second-order valence-electron chi connectivity index (χ2n) is 5.43. The molecule has 2 N–H and O–H groups in total. The van der Waals surface area contributed by atoms with Gasteiger partial charge in [-0.2, -0.15) is 0 Å². The first-order valence-electron chi connectivity index (χ1n) is 6.96. The number of halogens is 1. The van der Waals surface area contributed by atoms with E-state index in [4.69, 9.17) is 17.3 Å². The number of rotatable bonds is 3. The van der Waals surface area contributed by atoms with E-state index in [0.29, 0.717) is 12.6 Å². The van der Waals surface area contributed by atoms with Crippen LogP contribution in [0.4, 0.5) is 0 Å². The van der Waals surface area contributed by atoms with Gasteiger partial charge in [0, 0.05) is 30.7 Å². The van der Waals surface area contributed by atoms with Gasteiger partial charge in [0.2, 0.25) is 0 Å². The Bertz CT molecular complexity index is 607. The molecule has 3 rings (SSSR count). The zero-order valence-electron chi connectivity index (χ0n) is 11.6. The first kappa shape index (κ1) is 13.6. The molecule has 2 aromatic carbocycles. The summed E-state index contributed by atoms with van der Waals surface area (Å²) in [5.41, 5.74) is 11.5. The van der Waals surface area contributed by atoms with Crippen molar-refractivity contribution in [2.45, 2.75) is 26.1 Å². The fourth-order valence-electron chi connectivity index (χ4n) is 3.03. The molecule has 1 heterocycles. The van der Waals surface area contributed by atoms with Crippen LogP contribution in [-0.2, 0) is 13.1 Å². The van der Waals surface area contributed by atoms with Crippen LogP contribution in [0, 0.1) is 6.92 Å². The van der Waals surface area contributed by atoms with Crippen LogP contribution in [-0.4, -0.2) is 11.4 Å². The molecular weight excluding hydrogens is 268 g/mol. The summed E-state index contributed by atoms with van der Waals surface area (Å²) in [6, 6.07) is 14.9. The molecule has 0 bridgehead atoms. The number of nitrogens with two attached hydrogens (primary N) is 1. The third-order valence-corrected chi connectivity index (χ3v) is 4.38. The molecule has 1 aliphatic heterocycles. The highest BCUT2D eigenvalue weighted by atomic mass is 35.5. The van der Waals surface area contributed by atoms with Crippen molar-refractivity contribution in [3.63, 3.8) is 0 Å². The number of hydrogen-bond acceptors (Lipinski definition) is 2. The van der Waals surface area contributed by atoms with Crippen molar-refractivity contribution >= 4 is 11.6 Å². The number of aryl methyl sites for hydroxylation is 1. The van der Waals surface area contributed by atoms with Crippen LogP contribution < -0.4 is 5.73 Å². The second kappa shape index (κ2) is 5.57. The van der Waals surface area contributed by atoms with Crippen molar-refractivity contribution in [3.8, 4) is 0 Å². The molecule has 0 spiro atoms. The van der Waals surface area contributed by atoms with Gasteiger partial charge in [0.25, 0.3) is 0 Å². The maximum Gasteiger partial charge on any atom is 0.0480 e. The molecule has 1 unspecified atom stereocenters. The molecule has 0 amide bonds. The van der Waals surface area contributed by atoms with Gasteiger partial charge in [-0.25, -0.2) is 0 Å². The normalized spacial score (nSPS) is 18.2. The summed E-state index contributed by atoms with van der Waals surface area (Å²) in [4.78, 5) is 2.45. The molecular formula is C17H19ClN2. The molecule has 0 radical (unpaired) electrons.